The third-order valence-electron chi connectivity index (χ3n) is 5.51. The second-order valence-corrected chi connectivity index (χ2v) is 9.51. The third-order valence-corrected chi connectivity index (χ3v) is 7.16. The highest BCUT2D eigenvalue weighted by molar-refractivity contribution is 7.85. The van der Waals surface area contributed by atoms with E-state index in [1.807, 2.05) is 30.3 Å². The highest BCUT2D eigenvalue weighted by atomic mass is 32.2. The van der Waals surface area contributed by atoms with Gasteiger partial charge in [0.05, 0.1) is 12.2 Å². The Morgan fingerprint density at radius 2 is 1.78 bits per heavy atom. The number of nitrogens with one attached hydrogen (secondary N) is 1. The van der Waals surface area contributed by atoms with Gasteiger partial charge in [-0.15, -0.1) is 0 Å². The van der Waals surface area contributed by atoms with E-state index >= 15 is 0 Å². The zero-order valence-corrected chi connectivity index (χ0v) is 18.7. The Morgan fingerprint density at radius 3 is 2.53 bits per heavy atom. The van der Waals surface area contributed by atoms with Crippen LogP contribution in [0.4, 0.5) is 8.78 Å². The van der Waals surface area contributed by atoms with Gasteiger partial charge in [0.15, 0.2) is 11.6 Å². The lowest BCUT2D eigenvalue weighted by molar-refractivity contribution is -0.145. The van der Waals surface area contributed by atoms with Gasteiger partial charge in [0, 0.05) is 17.3 Å². The molecule has 1 fully saturated rings. The molecular weight excluding hydrogens is 434 g/mol. The van der Waals surface area contributed by atoms with Gasteiger partial charge in [0.1, 0.15) is 11.9 Å². The SMILES string of the molecule is O=C(CN1C(=O)CC1S(=O)Cc1ccccc1)NCCCCCCc1cccc(F)c1F. The lowest BCUT2D eigenvalue weighted by Gasteiger charge is -2.39. The average Bonchev–Trinajstić information content (AvgIpc) is 2.78. The molecule has 1 heterocycles. The average molecular weight is 463 g/mol. The summed E-state index contributed by atoms with van der Waals surface area (Å²) in [4.78, 5) is 25.5. The standard InChI is InChI=1S/C24H28F2N2O3S/c25-20-13-8-12-19(24(20)26)11-6-1-2-7-14-27-21(29)16-28-22(30)15-23(28)32(31)17-18-9-4-3-5-10-18/h3-5,8-10,12-13,23H,1-2,6-7,11,14-17H2,(H,27,29). The number of hydrogen-bond donors (Lipinski definition) is 1. The van der Waals surface area contributed by atoms with E-state index < -0.39 is 27.8 Å². The van der Waals surface area contributed by atoms with Crippen LogP contribution in [0.2, 0.25) is 0 Å². The van der Waals surface area contributed by atoms with Crippen molar-refractivity contribution in [2.75, 3.05) is 13.1 Å². The molecule has 1 aliphatic rings. The van der Waals surface area contributed by atoms with Crippen LogP contribution in [-0.2, 0) is 32.6 Å². The minimum absolute atomic E-state index is 0.0805. The molecule has 2 aromatic rings. The van der Waals surface area contributed by atoms with Crippen molar-refractivity contribution in [1.82, 2.24) is 10.2 Å². The molecule has 2 amide bonds. The Bertz CT molecular complexity index is 956. The monoisotopic (exact) mass is 462 g/mol. The van der Waals surface area contributed by atoms with Gasteiger partial charge in [-0.25, -0.2) is 8.78 Å². The molecule has 2 atom stereocenters. The molecule has 0 radical (unpaired) electrons. The first-order valence-electron chi connectivity index (χ1n) is 10.9. The third kappa shape index (κ3) is 6.69. The number of β-lactam (4-membered cyclic amide) rings is 1. The maximum absolute atomic E-state index is 13.6. The summed E-state index contributed by atoms with van der Waals surface area (Å²) in [5.74, 6) is -1.66. The summed E-state index contributed by atoms with van der Waals surface area (Å²) in [6.45, 7) is 0.399. The van der Waals surface area contributed by atoms with Gasteiger partial charge in [0.2, 0.25) is 11.8 Å². The normalized spacial score (nSPS) is 16.5. The molecule has 0 saturated carbocycles. The lowest BCUT2D eigenvalue weighted by Crippen LogP contribution is -2.57. The zero-order valence-electron chi connectivity index (χ0n) is 17.9. The summed E-state index contributed by atoms with van der Waals surface area (Å²) in [5.41, 5.74) is 1.33. The molecule has 0 spiro atoms. The quantitative estimate of drug-likeness (QED) is 0.387. The van der Waals surface area contributed by atoms with E-state index in [2.05, 4.69) is 5.32 Å². The van der Waals surface area contributed by atoms with Crippen LogP contribution < -0.4 is 5.32 Å². The van der Waals surface area contributed by atoms with Gasteiger partial charge in [-0.2, -0.15) is 0 Å². The number of unbranched alkanes of at least 4 members (excludes halogenated alkanes) is 3. The van der Waals surface area contributed by atoms with Crippen molar-refractivity contribution < 1.29 is 22.6 Å². The van der Waals surface area contributed by atoms with Crippen molar-refractivity contribution >= 4 is 22.6 Å². The number of carbonyl (C=O) groups excluding carboxylic acids is 2. The van der Waals surface area contributed by atoms with Crippen molar-refractivity contribution in [1.29, 1.82) is 0 Å². The number of hydrogen-bond acceptors (Lipinski definition) is 3. The molecular formula is C24H28F2N2O3S. The second kappa shape index (κ2) is 11.9. The minimum Gasteiger partial charge on any atom is -0.355 e. The molecule has 0 bridgehead atoms. The molecule has 0 aromatic heterocycles. The predicted octanol–water partition coefficient (Wildman–Crippen LogP) is 3.69. The van der Waals surface area contributed by atoms with E-state index in [1.165, 1.54) is 11.0 Å². The highest BCUT2D eigenvalue weighted by Crippen LogP contribution is 2.24. The van der Waals surface area contributed by atoms with Crippen LogP contribution in [0.5, 0.6) is 0 Å². The van der Waals surface area contributed by atoms with Crippen molar-refractivity contribution in [2.24, 2.45) is 0 Å². The Labute approximate surface area is 189 Å². The molecule has 8 heteroatoms. The fourth-order valence-electron chi connectivity index (χ4n) is 3.66. The van der Waals surface area contributed by atoms with E-state index in [1.54, 1.807) is 6.07 Å². The van der Waals surface area contributed by atoms with Gasteiger partial charge >= 0.3 is 0 Å². The fraction of sp³-hybridized carbons (Fsp3) is 0.417. The van der Waals surface area contributed by atoms with Gasteiger partial charge in [-0.1, -0.05) is 55.3 Å². The van der Waals surface area contributed by atoms with E-state index in [0.717, 1.165) is 37.3 Å². The Balaban J connectivity index is 1.30. The number of rotatable bonds is 12. The van der Waals surface area contributed by atoms with Crippen molar-refractivity contribution in [2.45, 2.75) is 49.7 Å². The van der Waals surface area contributed by atoms with Crippen LogP contribution >= 0.6 is 0 Å². The summed E-state index contributed by atoms with van der Waals surface area (Å²) in [5, 5.41) is 2.38. The first kappa shape index (κ1) is 24.0. The molecule has 1 saturated heterocycles. The van der Waals surface area contributed by atoms with Crippen LogP contribution in [0.1, 0.15) is 43.2 Å². The van der Waals surface area contributed by atoms with Gasteiger partial charge in [0.25, 0.3) is 0 Å². The molecule has 1 aliphatic heterocycles. The number of amides is 2. The number of halogens is 2. The minimum atomic E-state index is -1.25. The molecule has 5 nitrogen and oxygen atoms in total. The van der Waals surface area contributed by atoms with Gasteiger partial charge < -0.3 is 10.2 Å². The maximum Gasteiger partial charge on any atom is 0.239 e. The fourth-order valence-corrected chi connectivity index (χ4v) is 5.18. The van der Waals surface area contributed by atoms with Crippen LogP contribution in [0.3, 0.4) is 0 Å². The van der Waals surface area contributed by atoms with Crippen LogP contribution in [0.25, 0.3) is 0 Å². The van der Waals surface area contributed by atoms with Crippen molar-refractivity contribution in [3.05, 3.63) is 71.3 Å². The summed E-state index contributed by atoms with van der Waals surface area (Å²) in [7, 11) is -1.25. The topological polar surface area (TPSA) is 66.5 Å². The number of benzene rings is 2. The second-order valence-electron chi connectivity index (χ2n) is 7.92. The number of carbonyl (C=O) groups is 2. The first-order chi connectivity index (χ1) is 15.5. The Hall–Kier alpha value is -2.61. The van der Waals surface area contributed by atoms with E-state index in [-0.39, 0.29) is 24.8 Å². The van der Waals surface area contributed by atoms with Crippen LogP contribution in [0, 0.1) is 11.6 Å². The van der Waals surface area contributed by atoms with Crippen LogP contribution in [-0.4, -0.2) is 39.4 Å². The van der Waals surface area contributed by atoms with Crippen molar-refractivity contribution in [3.63, 3.8) is 0 Å². The summed E-state index contributed by atoms with van der Waals surface area (Å²) in [6, 6.07) is 13.6. The molecule has 2 aromatic carbocycles. The van der Waals surface area contributed by atoms with E-state index in [4.69, 9.17) is 0 Å². The van der Waals surface area contributed by atoms with Gasteiger partial charge in [-0.3, -0.25) is 13.8 Å². The summed E-state index contributed by atoms with van der Waals surface area (Å²) in [6.07, 6.45) is 3.88. The number of nitrogens with zero attached hydrogens (tertiary/aromatic N) is 1. The van der Waals surface area contributed by atoms with Gasteiger partial charge in [-0.05, 0) is 36.5 Å². The molecule has 1 N–H and O–H groups in total. The highest BCUT2D eigenvalue weighted by Gasteiger charge is 2.41. The molecule has 3 rings (SSSR count). The summed E-state index contributed by atoms with van der Waals surface area (Å²) < 4.78 is 39.4. The molecule has 172 valence electrons. The number of likely N-dealkylation sites (tertiary alicyclic amines) is 1. The Morgan fingerprint density at radius 1 is 1.03 bits per heavy atom. The first-order valence-corrected chi connectivity index (χ1v) is 12.2. The Kier molecular flexibility index (Phi) is 8.90. The maximum atomic E-state index is 13.6. The lowest BCUT2D eigenvalue weighted by atomic mass is 10.1. The zero-order chi connectivity index (χ0) is 22.9. The van der Waals surface area contributed by atoms with E-state index in [0.29, 0.717) is 24.3 Å². The van der Waals surface area contributed by atoms with Crippen molar-refractivity contribution in [3.8, 4) is 0 Å². The van der Waals surface area contributed by atoms with Crippen LogP contribution in [0.15, 0.2) is 48.5 Å². The predicted molar refractivity (Wildman–Crippen MR) is 120 cm³/mol. The molecule has 32 heavy (non-hydrogen) atoms. The molecule has 0 aliphatic carbocycles. The largest absolute Gasteiger partial charge is 0.355 e. The summed E-state index contributed by atoms with van der Waals surface area (Å²) >= 11 is 0. The molecule has 2 unspecified atom stereocenters. The smallest absolute Gasteiger partial charge is 0.239 e. The van der Waals surface area contributed by atoms with E-state index in [9.17, 15) is 22.6 Å². The number of aryl methyl sites for hydroxylation is 1.